The molecule has 0 aliphatic carbocycles. The molecule has 0 aromatic carbocycles. The van der Waals surface area contributed by atoms with E-state index < -0.39 is 0 Å². The van der Waals surface area contributed by atoms with Gasteiger partial charge in [-0.2, -0.15) is 0 Å². The first-order valence-corrected chi connectivity index (χ1v) is 9.64. The van der Waals surface area contributed by atoms with Crippen LogP contribution in [0.4, 0.5) is 0 Å². The maximum atomic E-state index is 13.1. The van der Waals surface area contributed by atoms with E-state index in [2.05, 4.69) is 10.2 Å². The number of hydrogen-bond acceptors (Lipinski definition) is 5. The van der Waals surface area contributed by atoms with E-state index in [4.69, 9.17) is 4.74 Å². The third-order valence-electron chi connectivity index (χ3n) is 5.91. The maximum absolute atomic E-state index is 13.1. The molecule has 0 atom stereocenters. The molecule has 3 saturated heterocycles. The highest BCUT2D eigenvalue weighted by Gasteiger charge is 2.43. The van der Waals surface area contributed by atoms with E-state index in [1.165, 1.54) is 12.8 Å². The lowest BCUT2D eigenvalue weighted by atomic mass is 9.78. The Hall–Kier alpha value is -0.600. The molecule has 1 N–H and O–H groups in total. The molecule has 3 fully saturated rings. The van der Waals surface area contributed by atoms with Gasteiger partial charge in [0.2, 0.25) is 11.8 Å². The van der Waals surface area contributed by atoms with Crippen molar-refractivity contribution in [1.82, 2.24) is 20.0 Å². The number of nitrogens with one attached hydrogen (secondary N) is 1. The van der Waals surface area contributed by atoms with Crippen LogP contribution in [0, 0.1) is 5.41 Å². The van der Waals surface area contributed by atoms with Crippen molar-refractivity contribution < 1.29 is 14.3 Å². The molecule has 7 nitrogen and oxygen atoms in total. The van der Waals surface area contributed by atoms with Crippen LogP contribution in [0.2, 0.25) is 0 Å². The van der Waals surface area contributed by atoms with E-state index in [-0.39, 0.29) is 42.0 Å². The molecule has 3 aliphatic heterocycles. The number of likely N-dealkylation sites (tertiary alicyclic amines) is 1. The first kappa shape index (κ1) is 24.4. The number of piperazine rings is 1. The number of nitrogens with zero attached hydrogens (tertiary/aromatic N) is 3. The molecule has 0 radical (unpaired) electrons. The predicted octanol–water partition coefficient (Wildman–Crippen LogP) is 0.613. The average Bonchev–Trinajstić information content (AvgIpc) is 3.15. The third kappa shape index (κ3) is 5.94. The van der Waals surface area contributed by atoms with Gasteiger partial charge in [0.05, 0.1) is 18.6 Å². The molecule has 27 heavy (non-hydrogen) atoms. The molecule has 0 bridgehead atoms. The molecule has 0 aromatic rings. The minimum Gasteiger partial charge on any atom is -0.384 e. The van der Waals surface area contributed by atoms with Crippen molar-refractivity contribution in [2.45, 2.75) is 25.7 Å². The summed E-state index contributed by atoms with van der Waals surface area (Å²) in [5.74, 6) is 0.421. The Kier molecular flexibility index (Phi) is 10.3. The lowest BCUT2D eigenvalue weighted by Gasteiger charge is -2.42. The monoisotopic (exact) mass is 424 g/mol. The molecule has 158 valence electrons. The van der Waals surface area contributed by atoms with Crippen LogP contribution < -0.4 is 5.32 Å². The van der Waals surface area contributed by atoms with Gasteiger partial charge in [0.15, 0.2) is 0 Å². The van der Waals surface area contributed by atoms with Crippen LogP contribution in [-0.4, -0.2) is 99.1 Å². The Labute approximate surface area is 174 Å². The molecule has 3 aliphatic rings. The van der Waals surface area contributed by atoms with Crippen LogP contribution in [0.15, 0.2) is 0 Å². The van der Waals surface area contributed by atoms with Gasteiger partial charge in [-0.25, -0.2) is 0 Å². The van der Waals surface area contributed by atoms with Gasteiger partial charge in [-0.15, -0.1) is 24.8 Å². The minimum absolute atomic E-state index is 0. The Bertz CT molecular complexity index is 470. The van der Waals surface area contributed by atoms with Gasteiger partial charge in [-0.1, -0.05) is 0 Å². The fourth-order valence-corrected chi connectivity index (χ4v) is 4.33. The van der Waals surface area contributed by atoms with Gasteiger partial charge in [-0.05, 0) is 51.9 Å². The number of piperidine rings is 1. The molecule has 3 rings (SSSR count). The Balaban J connectivity index is 0.00000182. The summed E-state index contributed by atoms with van der Waals surface area (Å²) in [6.07, 6.45) is 4.06. The standard InChI is InChI=1S/C18H32N4O3.2ClH/c1-25-15-18(4-6-19-7-5-18)17(24)22-12-10-21(11-13-22)16(23)14-20-8-2-3-9-20;;/h19H,2-15H2,1H3;2*1H. The number of amides is 2. The molecule has 0 unspecified atom stereocenters. The van der Waals surface area contributed by atoms with Crippen molar-refractivity contribution in [2.75, 3.05) is 72.6 Å². The summed E-state index contributed by atoms with van der Waals surface area (Å²) < 4.78 is 5.39. The quantitative estimate of drug-likeness (QED) is 0.700. The number of ether oxygens (including phenoxy) is 1. The Morgan fingerprint density at radius 2 is 1.48 bits per heavy atom. The molecular weight excluding hydrogens is 391 g/mol. The van der Waals surface area contributed by atoms with Crippen LogP contribution in [0.25, 0.3) is 0 Å². The first-order valence-electron chi connectivity index (χ1n) is 9.64. The highest BCUT2D eigenvalue weighted by Crippen LogP contribution is 2.32. The topological polar surface area (TPSA) is 65.1 Å². The zero-order chi connectivity index (χ0) is 17.7. The normalized spacial score (nSPS) is 22.7. The molecule has 9 heteroatoms. The maximum Gasteiger partial charge on any atom is 0.236 e. The second-order valence-electron chi connectivity index (χ2n) is 7.62. The fraction of sp³-hybridized carbons (Fsp3) is 0.889. The largest absolute Gasteiger partial charge is 0.384 e. The third-order valence-corrected chi connectivity index (χ3v) is 5.91. The van der Waals surface area contributed by atoms with Gasteiger partial charge in [0.1, 0.15) is 0 Å². The number of carbonyl (C=O) groups is 2. The average molecular weight is 425 g/mol. The molecular formula is C18H34Cl2N4O3. The second kappa shape index (κ2) is 11.4. The van der Waals surface area contributed by atoms with Crippen LogP contribution >= 0.6 is 24.8 Å². The lowest BCUT2D eigenvalue weighted by Crippen LogP contribution is -2.58. The van der Waals surface area contributed by atoms with Crippen LogP contribution in [-0.2, 0) is 14.3 Å². The highest BCUT2D eigenvalue weighted by molar-refractivity contribution is 5.86. The lowest BCUT2D eigenvalue weighted by molar-refractivity contribution is -0.151. The summed E-state index contributed by atoms with van der Waals surface area (Å²) in [5, 5.41) is 3.33. The predicted molar refractivity (Wildman–Crippen MR) is 110 cm³/mol. The number of carbonyl (C=O) groups excluding carboxylic acids is 2. The first-order chi connectivity index (χ1) is 12.1. The smallest absolute Gasteiger partial charge is 0.236 e. The van der Waals surface area contributed by atoms with Crippen molar-refractivity contribution >= 4 is 36.6 Å². The molecule has 0 aromatic heterocycles. The summed E-state index contributed by atoms with van der Waals surface area (Å²) in [5.41, 5.74) is -0.387. The van der Waals surface area contributed by atoms with Crippen molar-refractivity contribution in [1.29, 1.82) is 0 Å². The van der Waals surface area contributed by atoms with E-state index in [1.54, 1.807) is 7.11 Å². The van der Waals surface area contributed by atoms with Crippen molar-refractivity contribution in [3.8, 4) is 0 Å². The second-order valence-corrected chi connectivity index (χ2v) is 7.62. The molecule has 2 amide bonds. The van der Waals surface area contributed by atoms with E-state index >= 15 is 0 Å². The fourth-order valence-electron chi connectivity index (χ4n) is 4.33. The van der Waals surface area contributed by atoms with Gasteiger partial charge in [-0.3, -0.25) is 14.5 Å². The summed E-state index contributed by atoms with van der Waals surface area (Å²) in [6.45, 7) is 7.42. The Morgan fingerprint density at radius 1 is 0.926 bits per heavy atom. The van der Waals surface area contributed by atoms with Gasteiger partial charge < -0.3 is 19.9 Å². The van der Waals surface area contributed by atoms with Gasteiger partial charge in [0, 0.05) is 33.3 Å². The summed E-state index contributed by atoms with van der Waals surface area (Å²) in [6, 6.07) is 0. The number of rotatable bonds is 5. The Morgan fingerprint density at radius 3 is 2.04 bits per heavy atom. The molecule has 0 spiro atoms. The number of halogens is 2. The molecule has 3 heterocycles. The summed E-state index contributed by atoms with van der Waals surface area (Å²) in [4.78, 5) is 31.7. The van der Waals surface area contributed by atoms with E-state index in [0.717, 1.165) is 39.0 Å². The van der Waals surface area contributed by atoms with Crippen molar-refractivity contribution in [3.05, 3.63) is 0 Å². The summed E-state index contributed by atoms with van der Waals surface area (Å²) in [7, 11) is 1.67. The van der Waals surface area contributed by atoms with Crippen LogP contribution in [0.3, 0.4) is 0 Å². The summed E-state index contributed by atoms with van der Waals surface area (Å²) >= 11 is 0. The van der Waals surface area contributed by atoms with Crippen molar-refractivity contribution in [3.63, 3.8) is 0 Å². The SMILES string of the molecule is COCC1(C(=O)N2CCN(C(=O)CN3CCCC3)CC2)CCNCC1.Cl.Cl. The van der Waals surface area contributed by atoms with E-state index in [0.29, 0.717) is 39.3 Å². The van der Waals surface area contributed by atoms with Gasteiger partial charge in [0.25, 0.3) is 0 Å². The van der Waals surface area contributed by atoms with E-state index in [1.807, 2.05) is 9.80 Å². The van der Waals surface area contributed by atoms with Crippen LogP contribution in [0.1, 0.15) is 25.7 Å². The minimum atomic E-state index is -0.387. The van der Waals surface area contributed by atoms with E-state index in [9.17, 15) is 9.59 Å². The van der Waals surface area contributed by atoms with Gasteiger partial charge >= 0.3 is 0 Å². The zero-order valence-electron chi connectivity index (χ0n) is 16.3. The molecule has 0 saturated carbocycles. The zero-order valence-corrected chi connectivity index (χ0v) is 17.9. The van der Waals surface area contributed by atoms with Crippen molar-refractivity contribution in [2.24, 2.45) is 5.41 Å². The number of methoxy groups -OCH3 is 1. The highest BCUT2D eigenvalue weighted by atomic mass is 35.5. The number of hydrogen-bond donors (Lipinski definition) is 1. The van der Waals surface area contributed by atoms with Crippen LogP contribution in [0.5, 0.6) is 0 Å².